The zero-order chi connectivity index (χ0) is 19.4. The second-order valence-electron chi connectivity index (χ2n) is 6.72. The van der Waals surface area contributed by atoms with Crippen LogP contribution in [0.2, 0.25) is 0 Å². The van der Waals surface area contributed by atoms with Crippen LogP contribution in [-0.4, -0.2) is 11.6 Å². The van der Waals surface area contributed by atoms with Crippen LogP contribution in [0.4, 0.5) is 0 Å². The Balaban J connectivity index is 1.62. The molecule has 0 aliphatic heterocycles. The van der Waals surface area contributed by atoms with Crippen LogP contribution in [0, 0.1) is 11.8 Å². The van der Waals surface area contributed by atoms with Gasteiger partial charge in [-0.2, -0.15) is 0 Å². The molecule has 0 N–H and O–H groups in total. The Morgan fingerprint density at radius 1 is 0.821 bits per heavy atom. The Labute approximate surface area is 168 Å². The van der Waals surface area contributed by atoms with Gasteiger partial charge in [0.25, 0.3) is 0 Å². The van der Waals surface area contributed by atoms with Gasteiger partial charge in [-0.05, 0) is 55.5 Å². The highest BCUT2D eigenvalue weighted by Crippen LogP contribution is 2.39. The number of esters is 1. The van der Waals surface area contributed by atoms with Crippen LogP contribution in [0.5, 0.6) is 0 Å². The predicted octanol–water partition coefficient (Wildman–Crippen LogP) is 5.49. The van der Waals surface area contributed by atoms with E-state index >= 15 is 0 Å². The van der Waals surface area contributed by atoms with Crippen molar-refractivity contribution in [1.82, 2.24) is 0 Å². The van der Waals surface area contributed by atoms with Crippen LogP contribution in [0.3, 0.4) is 0 Å². The summed E-state index contributed by atoms with van der Waals surface area (Å²) in [6.45, 7) is 1.77. The molecule has 138 valence electrons. The van der Waals surface area contributed by atoms with Crippen molar-refractivity contribution in [2.24, 2.45) is 0 Å². The molecule has 1 fully saturated rings. The Bertz CT molecular complexity index is 971. The maximum atomic E-state index is 12.5. The van der Waals surface area contributed by atoms with Crippen molar-refractivity contribution in [3.63, 3.8) is 0 Å². The third-order valence-electron chi connectivity index (χ3n) is 4.63. The predicted molar refractivity (Wildman–Crippen MR) is 112 cm³/mol. The number of carbonyl (C=O) groups excluding carboxylic acids is 1. The molecular weight excluding hydrogens is 364 g/mol. The monoisotopic (exact) mass is 385 g/mol. The first-order valence-electron chi connectivity index (χ1n) is 9.32. The molecule has 0 spiro atoms. The molecule has 0 unspecified atom stereocenters. The summed E-state index contributed by atoms with van der Waals surface area (Å²) in [7, 11) is -0.220. The molecule has 0 saturated heterocycles. The van der Waals surface area contributed by atoms with Gasteiger partial charge in [-0.15, -0.1) is 5.92 Å². The van der Waals surface area contributed by atoms with E-state index in [0.717, 1.165) is 12.8 Å². The molecule has 3 heteroatoms. The van der Waals surface area contributed by atoms with Gasteiger partial charge in [0.05, 0.1) is 16.5 Å². The summed E-state index contributed by atoms with van der Waals surface area (Å²) < 4.78 is 5.63. The van der Waals surface area contributed by atoms with Crippen molar-refractivity contribution in [3.8, 4) is 11.8 Å². The fourth-order valence-corrected chi connectivity index (χ4v) is 5.16. The van der Waals surface area contributed by atoms with Crippen molar-refractivity contribution >= 4 is 16.9 Å². The molecule has 1 aliphatic rings. The first kappa shape index (κ1) is 18.4. The topological polar surface area (TPSA) is 26.3 Å². The third kappa shape index (κ3) is 3.98. The standard InChI is InChI=1S/C25H21O2S/c1-2-17-25(18-19-25)27-24(26)20-13-15-23(16-14-20)28(21-9-5-3-6-10-21)22-11-7-4-8-12-22/h3-16H,18-19H2,1H3/q+1. The molecular formula is C25H21O2S+. The van der Waals surface area contributed by atoms with Crippen LogP contribution in [0.1, 0.15) is 30.1 Å². The summed E-state index contributed by atoms with van der Waals surface area (Å²) in [6, 6.07) is 28.7. The fourth-order valence-electron chi connectivity index (χ4n) is 3.08. The molecule has 1 saturated carbocycles. The zero-order valence-electron chi connectivity index (χ0n) is 15.7. The second kappa shape index (κ2) is 7.96. The lowest BCUT2D eigenvalue weighted by Gasteiger charge is -2.11. The van der Waals surface area contributed by atoms with E-state index in [1.807, 2.05) is 36.4 Å². The van der Waals surface area contributed by atoms with E-state index in [1.165, 1.54) is 14.7 Å². The van der Waals surface area contributed by atoms with Crippen LogP contribution >= 0.6 is 0 Å². The lowest BCUT2D eigenvalue weighted by atomic mass is 10.2. The van der Waals surface area contributed by atoms with E-state index in [2.05, 4.69) is 60.4 Å². The highest BCUT2D eigenvalue weighted by Gasteiger charge is 2.45. The summed E-state index contributed by atoms with van der Waals surface area (Å²) in [5.74, 6) is 5.58. The van der Waals surface area contributed by atoms with Crippen molar-refractivity contribution < 1.29 is 9.53 Å². The molecule has 0 radical (unpaired) electrons. The molecule has 0 bridgehead atoms. The summed E-state index contributed by atoms with van der Waals surface area (Å²) in [5, 5.41) is 0. The largest absolute Gasteiger partial charge is 0.442 e. The number of benzene rings is 3. The Hall–Kier alpha value is -2.96. The van der Waals surface area contributed by atoms with Gasteiger partial charge in [0.2, 0.25) is 0 Å². The minimum absolute atomic E-state index is 0.220. The smallest absolute Gasteiger partial charge is 0.339 e. The van der Waals surface area contributed by atoms with Gasteiger partial charge in [0.15, 0.2) is 20.3 Å². The van der Waals surface area contributed by atoms with E-state index < -0.39 is 5.60 Å². The second-order valence-corrected chi connectivity index (χ2v) is 8.74. The van der Waals surface area contributed by atoms with Crippen molar-refractivity contribution in [2.45, 2.75) is 40.1 Å². The van der Waals surface area contributed by atoms with Crippen molar-refractivity contribution in [3.05, 3.63) is 90.5 Å². The van der Waals surface area contributed by atoms with E-state index in [-0.39, 0.29) is 16.9 Å². The Kier molecular flexibility index (Phi) is 5.23. The van der Waals surface area contributed by atoms with E-state index in [4.69, 9.17) is 4.74 Å². The molecule has 2 nitrogen and oxygen atoms in total. The molecule has 0 amide bonds. The summed E-state index contributed by atoms with van der Waals surface area (Å²) in [6.07, 6.45) is 1.65. The van der Waals surface area contributed by atoms with Gasteiger partial charge >= 0.3 is 5.97 Å². The van der Waals surface area contributed by atoms with Gasteiger partial charge in [0, 0.05) is 12.8 Å². The first-order chi connectivity index (χ1) is 13.7. The molecule has 3 aromatic carbocycles. The highest BCUT2D eigenvalue weighted by atomic mass is 32.2. The minimum atomic E-state index is -0.553. The number of hydrogen-bond acceptors (Lipinski definition) is 2. The minimum Gasteiger partial charge on any atom is -0.442 e. The molecule has 0 atom stereocenters. The third-order valence-corrected chi connectivity index (χ3v) is 6.86. The van der Waals surface area contributed by atoms with E-state index in [1.54, 1.807) is 6.92 Å². The van der Waals surface area contributed by atoms with Crippen molar-refractivity contribution in [2.75, 3.05) is 0 Å². The van der Waals surface area contributed by atoms with Gasteiger partial charge < -0.3 is 4.74 Å². The molecule has 0 heterocycles. The maximum Gasteiger partial charge on any atom is 0.339 e. The van der Waals surface area contributed by atoms with E-state index in [0.29, 0.717) is 5.56 Å². The molecule has 1 aliphatic carbocycles. The maximum absolute atomic E-state index is 12.5. The van der Waals surface area contributed by atoms with Crippen LogP contribution in [0.25, 0.3) is 0 Å². The van der Waals surface area contributed by atoms with Gasteiger partial charge in [-0.25, -0.2) is 4.79 Å². The van der Waals surface area contributed by atoms with E-state index in [9.17, 15) is 4.79 Å². The van der Waals surface area contributed by atoms with Gasteiger partial charge in [0.1, 0.15) is 0 Å². The summed E-state index contributed by atoms with van der Waals surface area (Å²) in [5.41, 5.74) is 0.0145. The zero-order valence-corrected chi connectivity index (χ0v) is 16.5. The number of rotatable bonds is 5. The molecule has 3 aromatic rings. The van der Waals surface area contributed by atoms with Gasteiger partial charge in [-0.1, -0.05) is 42.3 Å². The molecule has 28 heavy (non-hydrogen) atoms. The average Bonchev–Trinajstić information content (AvgIpc) is 3.49. The fraction of sp³-hybridized carbons (Fsp3) is 0.160. The number of ether oxygens (including phenoxy) is 1. The lowest BCUT2D eigenvalue weighted by Crippen LogP contribution is -2.18. The summed E-state index contributed by atoms with van der Waals surface area (Å²) >= 11 is 0. The number of carbonyl (C=O) groups is 1. The van der Waals surface area contributed by atoms with Crippen LogP contribution in [0.15, 0.2) is 99.6 Å². The molecule has 0 aromatic heterocycles. The Morgan fingerprint density at radius 2 is 1.32 bits per heavy atom. The lowest BCUT2D eigenvalue weighted by molar-refractivity contribution is 0.0361. The number of hydrogen-bond donors (Lipinski definition) is 0. The SMILES string of the molecule is CC#CC1(OC(=O)c2ccc([S+](c3ccccc3)c3ccccc3)cc2)CC1. The quantitative estimate of drug-likeness (QED) is 0.330. The van der Waals surface area contributed by atoms with Crippen LogP contribution in [-0.2, 0) is 15.6 Å². The summed E-state index contributed by atoms with van der Waals surface area (Å²) in [4.78, 5) is 16.2. The molecule has 4 rings (SSSR count). The van der Waals surface area contributed by atoms with Gasteiger partial charge in [-0.3, -0.25) is 0 Å². The first-order valence-corrected chi connectivity index (χ1v) is 10.5. The highest BCUT2D eigenvalue weighted by molar-refractivity contribution is 7.97. The average molecular weight is 386 g/mol. The van der Waals surface area contributed by atoms with Crippen LogP contribution < -0.4 is 0 Å². The normalized spacial score (nSPS) is 14.1. The Morgan fingerprint density at radius 3 is 1.79 bits per heavy atom. The van der Waals surface area contributed by atoms with Crippen molar-refractivity contribution in [1.29, 1.82) is 0 Å².